The molecule has 11 atom stereocenters. The van der Waals surface area contributed by atoms with Crippen LogP contribution in [0.1, 0.15) is 93.9 Å². The molecular formula is C34H48O10. The van der Waals surface area contributed by atoms with E-state index in [0.717, 1.165) is 25.7 Å². The van der Waals surface area contributed by atoms with E-state index >= 15 is 0 Å². The summed E-state index contributed by atoms with van der Waals surface area (Å²) in [5.41, 5.74) is -5.02. The zero-order chi connectivity index (χ0) is 32.3. The van der Waals surface area contributed by atoms with Gasteiger partial charge in [0.1, 0.15) is 12.2 Å². The average molecular weight is 617 g/mol. The van der Waals surface area contributed by atoms with E-state index in [4.69, 9.17) is 23.7 Å². The van der Waals surface area contributed by atoms with Crippen LogP contribution in [0.3, 0.4) is 0 Å². The van der Waals surface area contributed by atoms with Crippen molar-refractivity contribution in [2.24, 2.45) is 33.5 Å². The summed E-state index contributed by atoms with van der Waals surface area (Å²) in [5.74, 6) is -1.44. The van der Waals surface area contributed by atoms with E-state index in [1.54, 1.807) is 12.2 Å². The smallest absolute Gasteiger partial charge is 0.303 e. The van der Waals surface area contributed by atoms with E-state index in [1.165, 1.54) is 13.8 Å². The van der Waals surface area contributed by atoms with Crippen molar-refractivity contribution in [3.8, 4) is 0 Å². The third-order valence-corrected chi connectivity index (χ3v) is 12.4. The summed E-state index contributed by atoms with van der Waals surface area (Å²) in [6.07, 6.45) is 3.58. The molecule has 0 aromatic rings. The first kappa shape index (κ1) is 31.9. The van der Waals surface area contributed by atoms with E-state index < -0.39 is 65.0 Å². The van der Waals surface area contributed by atoms with E-state index in [9.17, 15) is 24.6 Å². The van der Waals surface area contributed by atoms with Crippen LogP contribution < -0.4 is 0 Å². The van der Waals surface area contributed by atoms with Crippen molar-refractivity contribution in [3.63, 3.8) is 0 Å². The second-order valence-corrected chi connectivity index (χ2v) is 15.9. The molecule has 44 heavy (non-hydrogen) atoms. The second kappa shape index (κ2) is 9.94. The summed E-state index contributed by atoms with van der Waals surface area (Å²) in [5, 5.41) is 23.7. The topological polar surface area (TPSA) is 138 Å². The molecule has 2 aliphatic heterocycles. The number of aliphatic hydroxyl groups excluding tert-OH is 1. The molecule has 6 rings (SSSR count). The van der Waals surface area contributed by atoms with Gasteiger partial charge in [0.15, 0.2) is 36.4 Å². The summed E-state index contributed by atoms with van der Waals surface area (Å²) in [6.45, 7) is 15.2. The lowest BCUT2D eigenvalue weighted by atomic mass is 9.46. The highest BCUT2D eigenvalue weighted by Gasteiger charge is 2.76. The monoisotopic (exact) mass is 616 g/mol. The molecule has 10 heteroatoms. The normalized spacial score (nSPS) is 48.5. The van der Waals surface area contributed by atoms with Crippen LogP contribution in [-0.4, -0.2) is 70.7 Å². The molecule has 244 valence electrons. The van der Waals surface area contributed by atoms with Gasteiger partial charge in [0.25, 0.3) is 0 Å². The number of aliphatic hydroxyl groups is 2. The predicted octanol–water partition coefficient (Wildman–Crippen LogP) is 4.11. The predicted molar refractivity (Wildman–Crippen MR) is 156 cm³/mol. The lowest BCUT2D eigenvalue weighted by Gasteiger charge is -2.61. The molecule has 4 fully saturated rings. The average Bonchev–Trinajstić information content (AvgIpc) is 3.38. The van der Waals surface area contributed by atoms with Crippen molar-refractivity contribution in [1.82, 2.24) is 0 Å². The van der Waals surface area contributed by atoms with Gasteiger partial charge in [-0.3, -0.25) is 14.4 Å². The lowest BCUT2D eigenvalue weighted by Crippen LogP contribution is -2.66. The number of rotatable bonds is 4. The molecular weight excluding hydrogens is 568 g/mol. The van der Waals surface area contributed by atoms with Gasteiger partial charge in [-0.15, -0.1) is 0 Å². The molecule has 1 spiro atoms. The molecule has 2 N–H and O–H groups in total. The number of hydrogen-bond donors (Lipinski definition) is 2. The maximum absolute atomic E-state index is 13.1. The van der Waals surface area contributed by atoms with Gasteiger partial charge in [-0.2, -0.15) is 0 Å². The molecule has 0 aromatic carbocycles. The maximum atomic E-state index is 13.1. The minimum Gasteiger partial charge on any atom is -0.458 e. The molecule has 10 nitrogen and oxygen atoms in total. The van der Waals surface area contributed by atoms with Crippen LogP contribution in [0.2, 0.25) is 0 Å². The minimum absolute atomic E-state index is 0.175. The Hall–Kier alpha value is -2.11. The van der Waals surface area contributed by atoms with Crippen molar-refractivity contribution in [2.45, 2.75) is 136 Å². The first-order valence-corrected chi connectivity index (χ1v) is 16.0. The molecule has 4 aliphatic carbocycles. The van der Waals surface area contributed by atoms with Crippen molar-refractivity contribution >= 4 is 18.2 Å². The fourth-order valence-electron chi connectivity index (χ4n) is 10.9. The van der Waals surface area contributed by atoms with Crippen LogP contribution in [0.4, 0.5) is 0 Å². The molecule has 6 aliphatic rings. The molecule has 0 bridgehead atoms. The Bertz CT molecular complexity index is 1320. The highest BCUT2D eigenvalue weighted by molar-refractivity contribution is 5.73. The van der Waals surface area contributed by atoms with Gasteiger partial charge >= 0.3 is 11.9 Å². The Morgan fingerprint density at radius 3 is 1.84 bits per heavy atom. The van der Waals surface area contributed by atoms with Crippen LogP contribution in [0.5, 0.6) is 0 Å². The van der Waals surface area contributed by atoms with Crippen LogP contribution in [0.25, 0.3) is 0 Å². The highest BCUT2D eigenvalue weighted by atomic mass is 16.8. The molecule has 0 radical (unpaired) electrons. The molecule has 0 amide bonds. The van der Waals surface area contributed by atoms with Crippen LogP contribution in [-0.2, 0) is 38.1 Å². The summed E-state index contributed by atoms with van der Waals surface area (Å²) in [6, 6.07) is 0. The third-order valence-electron chi connectivity index (χ3n) is 12.4. The van der Waals surface area contributed by atoms with Crippen LogP contribution in [0, 0.1) is 33.5 Å². The number of aldehydes is 1. The second-order valence-electron chi connectivity index (χ2n) is 15.9. The minimum atomic E-state index is -1.99. The van der Waals surface area contributed by atoms with Gasteiger partial charge in [-0.05, 0) is 48.7 Å². The van der Waals surface area contributed by atoms with Crippen molar-refractivity contribution in [2.75, 3.05) is 0 Å². The fraction of sp³-hybridized carbons (Fsp3) is 0.794. The van der Waals surface area contributed by atoms with Gasteiger partial charge < -0.3 is 33.9 Å². The van der Waals surface area contributed by atoms with Crippen molar-refractivity contribution in [3.05, 3.63) is 23.3 Å². The number of carbonyl (C=O) groups excluding carboxylic acids is 3. The van der Waals surface area contributed by atoms with Crippen LogP contribution >= 0.6 is 0 Å². The fourth-order valence-corrected chi connectivity index (χ4v) is 10.9. The molecule has 0 unspecified atom stereocenters. The van der Waals surface area contributed by atoms with Gasteiger partial charge in [0.05, 0.1) is 0 Å². The molecule has 2 saturated heterocycles. The number of carbonyl (C=O) groups is 3. The van der Waals surface area contributed by atoms with E-state index in [-0.39, 0.29) is 28.2 Å². The van der Waals surface area contributed by atoms with Crippen molar-refractivity contribution in [1.29, 1.82) is 0 Å². The number of hydrogen-bond acceptors (Lipinski definition) is 10. The van der Waals surface area contributed by atoms with Gasteiger partial charge in [-0.1, -0.05) is 54.4 Å². The summed E-state index contributed by atoms with van der Waals surface area (Å²) in [4.78, 5) is 37.7. The number of fused-ring (bicyclic) bond motifs is 2. The van der Waals surface area contributed by atoms with E-state index in [0.29, 0.717) is 24.7 Å². The first-order valence-electron chi connectivity index (χ1n) is 16.0. The SMILES string of the molecule is CC(=O)O[C@@H]1C=C([C@@H]2O[C@@H]3O[C@H](O)C4=C[C@@H](OC(C)=O)[C@H]5C(C)(C)CCC[C@]5(C)[C@]43O2)[C@](O)(C=O)[C@@]2(C)CCCC(C)(C)[C@H]12. The van der Waals surface area contributed by atoms with E-state index in [1.807, 2.05) is 6.92 Å². The zero-order valence-electron chi connectivity index (χ0n) is 27.2. The van der Waals surface area contributed by atoms with Gasteiger partial charge in [0, 0.05) is 47.7 Å². The maximum Gasteiger partial charge on any atom is 0.303 e. The Balaban J connectivity index is 1.50. The quantitative estimate of drug-likeness (QED) is 0.270. The summed E-state index contributed by atoms with van der Waals surface area (Å²) < 4.78 is 31.3. The summed E-state index contributed by atoms with van der Waals surface area (Å²) in [7, 11) is 0. The van der Waals surface area contributed by atoms with Crippen molar-refractivity contribution < 1.29 is 48.3 Å². The standard InChI is InChI=1S/C34H48O10/c1-18(36)40-22-15-20-26(38)42-28-34(20,32(8)14-10-12-30(5,6)25(22)32)44-27(43-28)21-16-23(41-19(2)37)24-29(3,4)11-9-13-31(24,7)33(21,39)17-35/h15-17,22-28,38-39H,9-14H2,1-8H3/t22-,23-,24+,25+,26+,27-,28+,31+,32+,33-,34+/m1/s1. The Kier molecular flexibility index (Phi) is 7.20. The summed E-state index contributed by atoms with van der Waals surface area (Å²) >= 11 is 0. The van der Waals surface area contributed by atoms with Gasteiger partial charge in [-0.25, -0.2) is 0 Å². The molecule has 2 saturated carbocycles. The Morgan fingerprint density at radius 1 is 0.818 bits per heavy atom. The van der Waals surface area contributed by atoms with Crippen LogP contribution in [0.15, 0.2) is 23.3 Å². The zero-order valence-corrected chi connectivity index (χ0v) is 27.2. The lowest BCUT2D eigenvalue weighted by molar-refractivity contribution is -0.211. The number of ether oxygens (including phenoxy) is 5. The molecule has 2 heterocycles. The largest absolute Gasteiger partial charge is 0.458 e. The molecule has 0 aromatic heterocycles. The highest BCUT2D eigenvalue weighted by Crippen LogP contribution is 2.69. The number of esters is 2. The Labute approximate surface area is 259 Å². The Morgan fingerprint density at radius 2 is 1.32 bits per heavy atom. The van der Waals surface area contributed by atoms with Gasteiger partial charge in [0.2, 0.25) is 0 Å². The first-order chi connectivity index (χ1) is 20.4. The third kappa shape index (κ3) is 4.06. The van der Waals surface area contributed by atoms with E-state index in [2.05, 4.69) is 34.6 Å².